The van der Waals surface area contributed by atoms with Gasteiger partial charge in [0.1, 0.15) is 12.2 Å². The SMILES string of the molecule is CCOC(C)C(Cc1ncnn1C(C)C)NC. The highest BCUT2D eigenvalue weighted by molar-refractivity contribution is 4.92. The molecule has 0 spiro atoms. The van der Waals surface area contributed by atoms with Crippen molar-refractivity contribution >= 4 is 0 Å². The molecule has 0 aliphatic rings. The zero-order chi connectivity index (χ0) is 12.8. The predicted molar refractivity (Wildman–Crippen MR) is 68.0 cm³/mol. The molecule has 0 amide bonds. The molecule has 1 heterocycles. The van der Waals surface area contributed by atoms with Crippen LogP contribution in [-0.4, -0.2) is 40.6 Å². The van der Waals surface area contributed by atoms with E-state index in [-0.39, 0.29) is 12.1 Å². The van der Waals surface area contributed by atoms with Gasteiger partial charge in [-0.2, -0.15) is 5.10 Å². The van der Waals surface area contributed by atoms with E-state index in [1.165, 1.54) is 0 Å². The first-order chi connectivity index (χ1) is 8.10. The smallest absolute Gasteiger partial charge is 0.138 e. The van der Waals surface area contributed by atoms with E-state index in [9.17, 15) is 0 Å². The molecular weight excluding hydrogens is 216 g/mol. The molecule has 5 nitrogen and oxygen atoms in total. The highest BCUT2D eigenvalue weighted by atomic mass is 16.5. The predicted octanol–water partition coefficient (Wildman–Crippen LogP) is 1.41. The minimum atomic E-state index is 0.169. The maximum absolute atomic E-state index is 5.62. The summed E-state index contributed by atoms with van der Waals surface area (Å²) in [7, 11) is 1.95. The fraction of sp³-hybridized carbons (Fsp3) is 0.833. The first kappa shape index (κ1) is 14.1. The molecule has 5 heteroatoms. The summed E-state index contributed by atoms with van der Waals surface area (Å²) >= 11 is 0. The van der Waals surface area contributed by atoms with E-state index < -0.39 is 0 Å². The number of hydrogen-bond acceptors (Lipinski definition) is 4. The summed E-state index contributed by atoms with van der Waals surface area (Å²) in [5.41, 5.74) is 0. The second kappa shape index (κ2) is 6.71. The van der Waals surface area contributed by atoms with Crippen LogP contribution in [0.5, 0.6) is 0 Å². The summed E-state index contributed by atoms with van der Waals surface area (Å²) in [5.74, 6) is 1.01. The molecule has 0 radical (unpaired) electrons. The first-order valence-corrected chi connectivity index (χ1v) is 6.27. The van der Waals surface area contributed by atoms with Crippen LogP contribution in [0.2, 0.25) is 0 Å². The number of nitrogens with one attached hydrogen (secondary N) is 1. The molecule has 17 heavy (non-hydrogen) atoms. The molecule has 1 aromatic rings. The minimum Gasteiger partial charge on any atom is -0.377 e. The van der Waals surface area contributed by atoms with E-state index in [0.717, 1.165) is 18.9 Å². The lowest BCUT2D eigenvalue weighted by atomic mass is 10.1. The Bertz CT molecular complexity index is 324. The summed E-state index contributed by atoms with van der Waals surface area (Å²) in [6.07, 6.45) is 2.62. The van der Waals surface area contributed by atoms with Crippen molar-refractivity contribution in [2.24, 2.45) is 0 Å². The van der Waals surface area contributed by atoms with Crippen molar-refractivity contribution < 1.29 is 4.74 Å². The molecule has 0 aliphatic heterocycles. The zero-order valence-corrected chi connectivity index (χ0v) is 11.5. The molecule has 1 aromatic heterocycles. The van der Waals surface area contributed by atoms with Crippen LogP contribution >= 0.6 is 0 Å². The third-order valence-electron chi connectivity index (χ3n) is 2.91. The van der Waals surface area contributed by atoms with Crippen LogP contribution in [0.4, 0.5) is 0 Å². The molecule has 98 valence electrons. The van der Waals surface area contributed by atoms with Crippen LogP contribution < -0.4 is 5.32 Å². The Balaban J connectivity index is 2.70. The lowest BCUT2D eigenvalue weighted by Crippen LogP contribution is -2.40. The average Bonchev–Trinajstić information content (AvgIpc) is 2.74. The van der Waals surface area contributed by atoms with Crippen molar-refractivity contribution in [2.75, 3.05) is 13.7 Å². The van der Waals surface area contributed by atoms with E-state index in [1.54, 1.807) is 6.33 Å². The molecule has 0 aromatic carbocycles. The summed E-state index contributed by atoms with van der Waals surface area (Å²) < 4.78 is 7.59. The van der Waals surface area contributed by atoms with E-state index in [4.69, 9.17) is 4.74 Å². The van der Waals surface area contributed by atoms with Crippen LogP contribution in [-0.2, 0) is 11.2 Å². The summed E-state index contributed by atoms with van der Waals surface area (Å²) in [4.78, 5) is 4.32. The number of aromatic nitrogens is 3. The van der Waals surface area contributed by atoms with E-state index in [2.05, 4.69) is 36.2 Å². The third-order valence-corrected chi connectivity index (χ3v) is 2.91. The van der Waals surface area contributed by atoms with Gasteiger partial charge in [0.25, 0.3) is 0 Å². The number of nitrogens with zero attached hydrogens (tertiary/aromatic N) is 3. The Morgan fingerprint density at radius 1 is 1.41 bits per heavy atom. The highest BCUT2D eigenvalue weighted by Crippen LogP contribution is 2.10. The van der Waals surface area contributed by atoms with E-state index in [0.29, 0.717) is 6.04 Å². The summed E-state index contributed by atoms with van der Waals surface area (Å²) in [6, 6.07) is 0.601. The Kier molecular flexibility index (Phi) is 5.58. The van der Waals surface area contributed by atoms with Gasteiger partial charge in [-0.15, -0.1) is 0 Å². The fourth-order valence-corrected chi connectivity index (χ4v) is 1.93. The lowest BCUT2D eigenvalue weighted by molar-refractivity contribution is 0.0488. The zero-order valence-electron chi connectivity index (χ0n) is 11.5. The Hall–Kier alpha value is -0.940. The molecule has 0 saturated carbocycles. The largest absolute Gasteiger partial charge is 0.377 e. The molecule has 2 unspecified atom stereocenters. The second-order valence-electron chi connectivity index (χ2n) is 4.47. The van der Waals surface area contributed by atoms with Crippen LogP contribution in [0.25, 0.3) is 0 Å². The van der Waals surface area contributed by atoms with Gasteiger partial charge in [0, 0.05) is 25.1 Å². The molecule has 0 bridgehead atoms. The van der Waals surface area contributed by atoms with Crippen LogP contribution in [0.1, 0.15) is 39.6 Å². The standard InChI is InChI=1S/C12H24N4O/c1-6-17-10(4)11(13-5)7-12-14-8-15-16(12)9(2)3/h8-11,13H,6-7H2,1-5H3. The quantitative estimate of drug-likeness (QED) is 0.783. The third kappa shape index (κ3) is 3.78. The van der Waals surface area contributed by atoms with Gasteiger partial charge in [-0.3, -0.25) is 0 Å². The Labute approximate surface area is 104 Å². The van der Waals surface area contributed by atoms with Crippen molar-refractivity contribution in [3.63, 3.8) is 0 Å². The van der Waals surface area contributed by atoms with Crippen LogP contribution in [0, 0.1) is 0 Å². The maximum atomic E-state index is 5.62. The van der Waals surface area contributed by atoms with Gasteiger partial charge in [0.05, 0.1) is 6.10 Å². The van der Waals surface area contributed by atoms with Crippen LogP contribution in [0.15, 0.2) is 6.33 Å². The number of hydrogen-bond donors (Lipinski definition) is 1. The Morgan fingerprint density at radius 3 is 2.65 bits per heavy atom. The number of ether oxygens (including phenoxy) is 1. The van der Waals surface area contributed by atoms with E-state index in [1.807, 2.05) is 18.7 Å². The summed E-state index contributed by atoms with van der Waals surface area (Å²) in [5, 5.41) is 7.53. The molecule has 2 atom stereocenters. The van der Waals surface area contributed by atoms with Gasteiger partial charge in [-0.25, -0.2) is 9.67 Å². The molecule has 1 rings (SSSR count). The molecule has 0 aliphatic carbocycles. The van der Waals surface area contributed by atoms with Crippen molar-refractivity contribution in [1.82, 2.24) is 20.1 Å². The average molecular weight is 240 g/mol. The van der Waals surface area contributed by atoms with Gasteiger partial charge in [-0.1, -0.05) is 0 Å². The normalized spacial score (nSPS) is 15.2. The maximum Gasteiger partial charge on any atom is 0.138 e. The second-order valence-corrected chi connectivity index (χ2v) is 4.47. The van der Waals surface area contributed by atoms with Crippen molar-refractivity contribution in [1.29, 1.82) is 0 Å². The molecule has 0 saturated heterocycles. The van der Waals surface area contributed by atoms with Gasteiger partial charge in [0.2, 0.25) is 0 Å². The molecule has 1 N–H and O–H groups in total. The monoisotopic (exact) mass is 240 g/mol. The van der Waals surface area contributed by atoms with Gasteiger partial charge >= 0.3 is 0 Å². The lowest BCUT2D eigenvalue weighted by Gasteiger charge is -2.23. The molecule has 0 fully saturated rings. The number of likely N-dealkylation sites (N-methyl/N-ethyl adjacent to an activating group) is 1. The Morgan fingerprint density at radius 2 is 2.12 bits per heavy atom. The van der Waals surface area contributed by atoms with Gasteiger partial charge in [0.15, 0.2) is 0 Å². The minimum absolute atomic E-state index is 0.169. The van der Waals surface area contributed by atoms with Crippen molar-refractivity contribution in [2.45, 2.75) is 52.3 Å². The van der Waals surface area contributed by atoms with Gasteiger partial charge in [-0.05, 0) is 34.7 Å². The molecular formula is C12H24N4O. The highest BCUT2D eigenvalue weighted by Gasteiger charge is 2.19. The number of rotatable bonds is 7. The van der Waals surface area contributed by atoms with Crippen molar-refractivity contribution in [3.05, 3.63) is 12.2 Å². The topological polar surface area (TPSA) is 52.0 Å². The van der Waals surface area contributed by atoms with Crippen LogP contribution in [0.3, 0.4) is 0 Å². The van der Waals surface area contributed by atoms with Crippen molar-refractivity contribution in [3.8, 4) is 0 Å². The fourth-order valence-electron chi connectivity index (χ4n) is 1.93. The van der Waals surface area contributed by atoms with E-state index >= 15 is 0 Å². The summed E-state index contributed by atoms with van der Waals surface area (Å²) in [6.45, 7) is 9.05. The first-order valence-electron chi connectivity index (χ1n) is 6.27. The van der Waals surface area contributed by atoms with Gasteiger partial charge < -0.3 is 10.1 Å².